The van der Waals surface area contributed by atoms with Gasteiger partial charge >= 0.3 is 12.3 Å². The molecule has 186 valence electrons. The molecule has 1 atom stereocenters. The van der Waals surface area contributed by atoms with Gasteiger partial charge in [0.1, 0.15) is 22.4 Å². The standard InChI is InChI=1S/C19H14ClF5N6O4/c1-6-13(14(20)31-30-6)29-16(32)9-3-10(21)8(4-12(9)34-7(2)19(23,24)25)11-5-27-15(22)17(28-11)35-18(26)33/h3-5,7H,1-2H3,(H2,26,33)(H,29,32)(H,30,31). The van der Waals surface area contributed by atoms with Gasteiger partial charge in [-0.05, 0) is 26.0 Å². The molecule has 0 radical (unpaired) electrons. The summed E-state index contributed by atoms with van der Waals surface area (Å²) in [5.41, 5.74) is 3.40. The molecule has 1 unspecified atom stereocenters. The first-order valence-electron chi connectivity index (χ1n) is 9.36. The molecule has 0 saturated carbocycles. The van der Waals surface area contributed by atoms with Crippen molar-refractivity contribution in [2.45, 2.75) is 26.1 Å². The molecular formula is C19H14ClF5N6O4. The number of carbonyl (C=O) groups excluding carboxylic acids is 2. The Bertz CT molecular complexity index is 1280. The van der Waals surface area contributed by atoms with Crippen LogP contribution in [-0.2, 0) is 0 Å². The Hall–Kier alpha value is -4.01. The van der Waals surface area contributed by atoms with Crippen molar-refractivity contribution in [3.63, 3.8) is 0 Å². The molecule has 0 aliphatic heterocycles. The number of hydrogen-bond donors (Lipinski definition) is 3. The Morgan fingerprint density at radius 2 is 1.94 bits per heavy atom. The molecule has 35 heavy (non-hydrogen) atoms. The summed E-state index contributed by atoms with van der Waals surface area (Å²) in [6, 6.07) is 1.30. The first kappa shape index (κ1) is 25.6. The van der Waals surface area contributed by atoms with Crippen molar-refractivity contribution in [3.05, 3.63) is 46.5 Å². The quantitative estimate of drug-likeness (QED) is 0.414. The minimum Gasteiger partial charge on any atom is -0.480 e. The summed E-state index contributed by atoms with van der Waals surface area (Å²) in [5, 5.41) is 8.37. The Labute approximate surface area is 197 Å². The summed E-state index contributed by atoms with van der Waals surface area (Å²) in [5.74, 6) is -5.33. The third kappa shape index (κ3) is 5.74. The molecule has 16 heteroatoms. The zero-order chi connectivity index (χ0) is 26.1. The highest BCUT2D eigenvalue weighted by atomic mass is 35.5. The smallest absolute Gasteiger partial charge is 0.425 e. The van der Waals surface area contributed by atoms with Crippen molar-refractivity contribution in [2.75, 3.05) is 5.32 Å². The number of aryl methyl sites for hydroxylation is 1. The average molecular weight is 521 g/mol. The van der Waals surface area contributed by atoms with Crippen molar-refractivity contribution in [1.29, 1.82) is 0 Å². The molecule has 0 aliphatic carbocycles. The number of primary amides is 1. The molecular weight excluding hydrogens is 507 g/mol. The summed E-state index contributed by atoms with van der Waals surface area (Å²) in [6.07, 6.45) is -7.99. The molecule has 3 aromatic rings. The van der Waals surface area contributed by atoms with Gasteiger partial charge in [0.15, 0.2) is 6.10 Å². The van der Waals surface area contributed by atoms with E-state index < -0.39 is 64.5 Å². The van der Waals surface area contributed by atoms with Crippen LogP contribution in [0.2, 0.25) is 5.15 Å². The van der Waals surface area contributed by atoms with Crippen LogP contribution in [0.25, 0.3) is 11.3 Å². The fourth-order valence-corrected chi connectivity index (χ4v) is 2.89. The molecule has 2 amide bonds. The molecule has 0 spiro atoms. The van der Waals surface area contributed by atoms with Crippen LogP contribution in [0.3, 0.4) is 0 Å². The van der Waals surface area contributed by atoms with E-state index in [-0.39, 0.29) is 16.5 Å². The Balaban J connectivity index is 2.11. The first-order chi connectivity index (χ1) is 16.3. The maximum absolute atomic E-state index is 15.0. The van der Waals surface area contributed by atoms with E-state index in [1.54, 1.807) is 0 Å². The molecule has 10 nitrogen and oxygen atoms in total. The second kappa shape index (κ2) is 9.69. The van der Waals surface area contributed by atoms with E-state index in [0.717, 1.165) is 6.07 Å². The van der Waals surface area contributed by atoms with Gasteiger partial charge in [0.25, 0.3) is 17.7 Å². The molecule has 2 heterocycles. The number of H-pyrrole nitrogens is 1. The third-order valence-corrected chi connectivity index (χ3v) is 4.67. The van der Waals surface area contributed by atoms with Gasteiger partial charge in [-0.15, -0.1) is 0 Å². The number of anilines is 1. The first-order valence-corrected chi connectivity index (χ1v) is 9.74. The van der Waals surface area contributed by atoms with Gasteiger partial charge in [0, 0.05) is 5.56 Å². The van der Waals surface area contributed by atoms with Crippen molar-refractivity contribution in [1.82, 2.24) is 20.2 Å². The number of benzene rings is 1. The third-order valence-electron chi connectivity index (χ3n) is 4.39. The number of nitrogens with zero attached hydrogens (tertiary/aromatic N) is 3. The lowest BCUT2D eigenvalue weighted by atomic mass is 10.1. The Morgan fingerprint density at radius 1 is 1.26 bits per heavy atom. The monoisotopic (exact) mass is 520 g/mol. The van der Waals surface area contributed by atoms with Crippen LogP contribution >= 0.6 is 11.6 Å². The number of alkyl halides is 3. The highest BCUT2D eigenvalue weighted by Gasteiger charge is 2.39. The zero-order valence-corrected chi connectivity index (χ0v) is 18.4. The molecule has 0 bridgehead atoms. The largest absolute Gasteiger partial charge is 0.480 e. The van der Waals surface area contributed by atoms with Gasteiger partial charge in [0.05, 0.1) is 23.1 Å². The lowest BCUT2D eigenvalue weighted by Gasteiger charge is -2.20. The lowest BCUT2D eigenvalue weighted by molar-refractivity contribution is -0.189. The number of nitrogens with one attached hydrogen (secondary N) is 2. The molecule has 1 aromatic carbocycles. The van der Waals surface area contributed by atoms with Crippen LogP contribution in [0, 0.1) is 18.7 Å². The summed E-state index contributed by atoms with van der Waals surface area (Å²) in [7, 11) is 0. The summed E-state index contributed by atoms with van der Waals surface area (Å²) >= 11 is 5.88. The van der Waals surface area contributed by atoms with Crippen LogP contribution < -0.4 is 20.5 Å². The molecule has 0 fully saturated rings. The average Bonchev–Trinajstić information content (AvgIpc) is 3.07. The van der Waals surface area contributed by atoms with E-state index >= 15 is 0 Å². The van der Waals surface area contributed by atoms with E-state index in [4.69, 9.17) is 22.1 Å². The predicted molar refractivity (Wildman–Crippen MR) is 110 cm³/mol. The topological polar surface area (TPSA) is 145 Å². The summed E-state index contributed by atoms with van der Waals surface area (Å²) in [4.78, 5) is 30.5. The Morgan fingerprint density at radius 3 is 2.51 bits per heavy atom. The van der Waals surface area contributed by atoms with E-state index in [0.29, 0.717) is 19.2 Å². The molecule has 4 N–H and O–H groups in total. The van der Waals surface area contributed by atoms with Gasteiger partial charge < -0.3 is 20.5 Å². The number of nitrogens with two attached hydrogens (primary N) is 1. The fourth-order valence-electron chi connectivity index (χ4n) is 2.66. The maximum atomic E-state index is 15.0. The van der Waals surface area contributed by atoms with Crippen LogP contribution in [-0.4, -0.2) is 44.4 Å². The number of hydrogen-bond acceptors (Lipinski definition) is 7. The number of halogens is 6. The summed E-state index contributed by atoms with van der Waals surface area (Å²) < 4.78 is 77.4. The number of carbonyl (C=O) groups is 2. The summed E-state index contributed by atoms with van der Waals surface area (Å²) in [6.45, 7) is 2.14. The normalized spacial score (nSPS) is 12.2. The highest BCUT2D eigenvalue weighted by Crippen LogP contribution is 2.34. The highest BCUT2D eigenvalue weighted by molar-refractivity contribution is 6.33. The maximum Gasteiger partial charge on any atom is 0.425 e. The van der Waals surface area contributed by atoms with Crippen molar-refractivity contribution in [3.8, 4) is 22.9 Å². The number of aromatic nitrogens is 4. The second-order valence-electron chi connectivity index (χ2n) is 6.85. The molecule has 0 saturated heterocycles. The number of aromatic amines is 1. The van der Waals surface area contributed by atoms with Gasteiger partial charge in [-0.25, -0.2) is 19.2 Å². The van der Waals surface area contributed by atoms with Gasteiger partial charge in [0.2, 0.25) is 0 Å². The molecule has 2 aromatic heterocycles. The van der Waals surface area contributed by atoms with E-state index in [1.807, 2.05) is 0 Å². The van der Waals surface area contributed by atoms with E-state index in [2.05, 4.69) is 30.2 Å². The van der Waals surface area contributed by atoms with Gasteiger partial charge in [-0.3, -0.25) is 9.89 Å². The zero-order valence-electron chi connectivity index (χ0n) is 17.6. The SMILES string of the molecule is Cc1n[nH]c(Cl)c1NC(=O)c1cc(F)c(-c2cnc(F)c(OC(N)=O)n2)cc1OC(C)C(F)(F)F. The number of ether oxygens (including phenoxy) is 2. The van der Waals surface area contributed by atoms with Crippen LogP contribution in [0.5, 0.6) is 11.6 Å². The van der Waals surface area contributed by atoms with Crippen LogP contribution in [0.15, 0.2) is 18.3 Å². The van der Waals surface area contributed by atoms with Crippen molar-refractivity contribution >= 4 is 29.3 Å². The van der Waals surface area contributed by atoms with E-state index in [1.165, 1.54) is 6.92 Å². The van der Waals surface area contributed by atoms with Crippen molar-refractivity contribution < 1.29 is 41.0 Å². The van der Waals surface area contributed by atoms with Crippen LogP contribution in [0.1, 0.15) is 23.0 Å². The van der Waals surface area contributed by atoms with E-state index in [9.17, 15) is 31.5 Å². The minimum atomic E-state index is -4.84. The number of amides is 2. The Kier molecular flexibility index (Phi) is 7.09. The lowest BCUT2D eigenvalue weighted by Crippen LogP contribution is -2.32. The van der Waals surface area contributed by atoms with Gasteiger partial charge in [-0.2, -0.15) is 22.7 Å². The molecule has 3 rings (SSSR count). The minimum absolute atomic E-state index is 0.00798. The van der Waals surface area contributed by atoms with Crippen molar-refractivity contribution in [2.24, 2.45) is 5.73 Å². The van der Waals surface area contributed by atoms with Gasteiger partial charge in [-0.1, -0.05) is 11.6 Å². The molecule has 0 aliphatic rings. The second-order valence-corrected chi connectivity index (χ2v) is 7.23. The number of rotatable bonds is 6. The van der Waals surface area contributed by atoms with Crippen LogP contribution in [0.4, 0.5) is 32.4 Å². The predicted octanol–water partition coefficient (Wildman–Crippen LogP) is 4.15. The fraction of sp³-hybridized carbons (Fsp3) is 0.211.